The molecular weight excluding hydrogens is 270 g/mol. The van der Waals surface area contributed by atoms with Crippen molar-refractivity contribution < 1.29 is 8.78 Å². The second kappa shape index (κ2) is 7.27. The van der Waals surface area contributed by atoms with Gasteiger partial charge >= 0.3 is 0 Å². The van der Waals surface area contributed by atoms with Crippen LogP contribution in [-0.4, -0.2) is 11.5 Å². The van der Waals surface area contributed by atoms with Crippen LogP contribution in [0.1, 0.15) is 36.1 Å². The largest absolute Gasteiger partial charge is 0.310 e. The van der Waals surface area contributed by atoms with Crippen molar-refractivity contribution in [3.05, 3.63) is 65.0 Å². The van der Waals surface area contributed by atoms with Crippen LogP contribution in [0.4, 0.5) is 8.78 Å². The maximum atomic E-state index is 13.3. The number of halogens is 2. The molecule has 1 aromatic carbocycles. The number of hydrogen-bond donors (Lipinski definition) is 1. The highest BCUT2D eigenvalue weighted by atomic mass is 19.1. The molecule has 0 amide bonds. The molecular formula is C17H20F2N2. The first-order valence-corrected chi connectivity index (χ1v) is 7.19. The van der Waals surface area contributed by atoms with Crippen molar-refractivity contribution in [3.8, 4) is 0 Å². The number of rotatable bonds is 6. The Morgan fingerprint density at radius 2 is 1.90 bits per heavy atom. The lowest BCUT2D eigenvalue weighted by atomic mass is 9.96. The van der Waals surface area contributed by atoms with Crippen molar-refractivity contribution in [1.29, 1.82) is 0 Å². The van der Waals surface area contributed by atoms with Gasteiger partial charge in [0.2, 0.25) is 0 Å². The third-order valence-corrected chi connectivity index (χ3v) is 3.44. The summed E-state index contributed by atoms with van der Waals surface area (Å²) in [6.07, 6.45) is 5.09. The summed E-state index contributed by atoms with van der Waals surface area (Å²) in [4.78, 5) is 4.10. The maximum Gasteiger partial charge on any atom is 0.126 e. The fourth-order valence-electron chi connectivity index (χ4n) is 2.45. The van der Waals surface area contributed by atoms with Crippen LogP contribution in [0.3, 0.4) is 0 Å². The zero-order chi connectivity index (χ0) is 15.2. The van der Waals surface area contributed by atoms with Crippen molar-refractivity contribution >= 4 is 0 Å². The molecule has 4 heteroatoms. The molecule has 1 N–H and O–H groups in total. The lowest BCUT2D eigenvalue weighted by Crippen LogP contribution is -2.25. The van der Waals surface area contributed by atoms with E-state index in [1.165, 1.54) is 12.1 Å². The number of aryl methyl sites for hydroxylation is 1. The Bertz CT molecular complexity index is 579. The van der Waals surface area contributed by atoms with E-state index in [9.17, 15) is 8.78 Å². The van der Waals surface area contributed by atoms with E-state index in [1.807, 2.05) is 19.2 Å². The van der Waals surface area contributed by atoms with Gasteiger partial charge in [0.25, 0.3) is 0 Å². The lowest BCUT2D eigenvalue weighted by molar-refractivity contribution is 0.520. The van der Waals surface area contributed by atoms with Gasteiger partial charge in [-0.1, -0.05) is 6.92 Å². The first-order chi connectivity index (χ1) is 10.1. The van der Waals surface area contributed by atoms with Crippen LogP contribution in [-0.2, 0) is 6.42 Å². The van der Waals surface area contributed by atoms with Gasteiger partial charge in [0.15, 0.2) is 0 Å². The third-order valence-electron chi connectivity index (χ3n) is 3.44. The van der Waals surface area contributed by atoms with Crippen molar-refractivity contribution in [2.75, 3.05) is 6.54 Å². The summed E-state index contributed by atoms with van der Waals surface area (Å²) in [6, 6.07) is 5.66. The number of aromatic nitrogens is 1. The minimum Gasteiger partial charge on any atom is -0.310 e. The Hall–Kier alpha value is -1.81. The molecule has 0 aliphatic carbocycles. The monoisotopic (exact) mass is 290 g/mol. The van der Waals surface area contributed by atoms with Crippen LogP contribution in [0.5, 0.6) is 0 Å². The van der Waals surface area contributed by atoms with E-state index >= 15 is 0 Å². The fraction of sp³-hybridized carbons (Fsp3) is 0.353. The summed E-state index contributed by atoms with van der Waals surface area (Å²) in [6.45, 7) is 4.94. The third kappa shape index (κ3) is 4.33. The van der Waals surface area contributed by atoms with Gasteiger partial charge in [0.05, 0.1) is 0 Å². The quantitative estimate of drug-likeness (QED) is 0.871. The molecule has 0 aliphatic rings. The smallest absolute Gasteiger partial charge is 0.126 e. The molecule has 0 spiro atoms. The molecule has 0 saturated heterocycles. The molecule has 0 aliphatic heterocycles. The van der Waals surface area contributed by atoms with Crippen LogP contribution in [0.15, 0.2) is 36.7 Å². The highest BCUT2D eigenvalue weighted by Gasteiger charge is 2.14. The molecule has 1 aromatic heterocycles. The molecule has 0 fully saturated rings. The predicted octanol–water partition coefficient (Wildman–Crippen LogP) is 3.95. The topological polar surface area (TPSA) is 24.9 Å². The van der Waals surface area contributed by atoms with E-state index < -0.39 is 11.6 Å². The van der Waals surface area contributed by atoms with Crippen LogP contribution in [0.25, 0.3) is 0 Å². The Labute approximate surface area is 124 Å². The van der Waals surface area contributed by atoms with E-state index in [1.54, 1.807) is 6.20 Å². The zero-order valence-corrected chi connectivity index (χ0v) is 12.4. The fourth-order valence-corrected chi connectivity index (χ4v) is 2.45. The van der Waals surface area contributed by atoms with Gasteiger partial charge in [0.1, 0.15) is 11.6 Å². The van der Waals surface area contributed by atoms with E-state index in [-0.39, 0.29) is 6.04 Å². The van der Waals surface area contributed by atoms with Gasteiger partial charge < -0.3 is 5.32 Å². The molecule has 1 unspecified atom stereocenters. The van der Waals surface area contributed by atoms with Crippen LogP contribution < -0.4 is 5.32 Å². The average molecular weight is 290 g/mol. The predicted molar refractivity (Wildman–Crippen MR) is 80.1 cm³/mol. The molecule has 1 atom stereocenters. The second-order valence-corrected chi connectivity index (χ2v) is 5.22. The number of pyridine rings is 1. The lowest BCUT2D eigenvalue weighted by Gasteiger charge is -2.21. The van der Waals surface area contributed by atoms with Gasteiger partial charge in [0, 0.05) is 24.5 Å². The SMILES string of the molecule is CCCNC(Cc1cc(F)cc(F)c1)c1ccncc1C. The van der Waals surface area contributed by atoms with Gasteiger partial charge in [-0.25, -0.2) is 8.78 Å². The highest BCUT2D eigenvalue weighted by Crippen LogP contribution is 2.22. The molecule has 21 heavy (non-hydrogen) atoms. The summed E-state index contributed by atoms with van der Waals surface area (Å²) in [7, 11) is 0. The molecule has 0 saturated carbocycles. The van der Waals surface area contributed by atoms with Crippen molar-refractivity contribution in [2.24, 2.45) is 0 Å². The van der Waals surface area contributed by atoms with Gasteiger partial charge in [-0.2, -0.15) is 0 Å². The van der Waals surface area contributed by atoms with E-state index in [4.69, 9.17) is 0 Å². The summed E-state index contributed by atoms with van der Waals surface area (Å²) in [5, 5.41) is 3.44. The van der Waals surface area contributed by atoms with Gasteiger partial charge in [-0.3, -0.25) is 4.98 Å². The molecule has 2 aromatic rings. The molecule has 112 valence electrons. The minimum absolute atomic E-state index is 0.0224. The molecule has 0 bridgehead atoms. The van der Waals surface area contributed by atoms with Gasteiger partial charge in [-0.05, 0) is 61.2 Å². The van der Waals surface area contributed by atoms with Crippen molar-refractivity contribution in [1.82, 2.24) is 10.3 Å². The second-order valence-electron chi connectivity index (χ2n) is 5.22. The first-order valence-electron chi connectivity index (χ1n) is 7.19. The van der Waals surface area contributed by atoms with Crippen LogP contribution in [0, 0.1) is 18.6 Å². The Morgan fingerprint density at radius 3 is 2.52 bits per heavy atom. The van der Waals surface area contributed by atoms with Crippen LogP contribution >= 0.6 is 0 Å². The number of nitrogens with zero attached hydrogens (tertiary/aromatic N) is 1. The normalized spacial score (nSPS) is 12.4. The van der Waals surface area contributed by atoms with Crippen molar-refractivity contribution in [3.63, 3.8) is 0 Å². The minimum atomic E-state index is -0.536. The van der Waals surface area contributed by atoms with E-state index in [0.717, 1.165) is 30.2 Å². The average Bonchev–Trinajstić information content (AvgIpc) is 2.43. The zero-order valence-electron chi connectivity index (χ0n) is 12.4. The van der Waals surface area contributed by atoms with E-state index in [2.05, 4.69) is 17.2 Å². The number of hydrogen-bond acceptors (Lipinski definition) is 2. The highest BCUT2D eigenvalue weighted by molar-refractivity contribution is 5.28. The van der Waals surface area contributed by atoms with Gasteiger partial charge in [-0.15, -0.1) is 0 Å². The Morgan fingerprint density at radius 1 is 1.19 bits per heavy atom. The Balaban J connectivity index is 2.26. The van der Waals surface area contributed by atoms with Crippen LogP contribution in [0.2, 0.25) is 0 Å². The summed E-state index contributed by atoms with van der Waals surface area (Å²) >= 11 is 0. The summed E-state index contributed by atoms with van der Waals surface area (Å²) in [5.74, 6) is -1.07. The first kappa shape index (κ1) is 15.6. The summed E-state index contributed by atoms with van der Waals surface area (Å²) < 4.78 is 26.7. The number of nitrogens with one attached hydrogen (secondary N) is 1. The molecule has 0 radical (unpaired) electrons. The standard InChI is InChI=1S/C17H20F2N2/c1-3-5-21-17(16-4-6-20-11-12(16)2)9-13-7-14(18)10-15(19)8-13/h4,6-8,10-11,17,21H,3,5,9H2,1-2H3. The number of benzene rings is 1. The maximum absolute atomic E-state index is 13.3. The molecule has 2 nitrogen and oxygen atoms in total. The molecule has 2 rings (SSSR count). The Kier molecular flexibility index (Phi) is 5.39. The van der Waals surface area contributed by atoms with E-state index in [0.29, 0.717) is 12.0 Å². The van der Waals surface area contributed by atoms with Crippen molar-refractivity contribution in [2.45, 2.75) is 32.7 Å². The summed E-state index contributed by atoms with van der Waals surface area (Å²) in [5.41, 5.74) is 2.84. The molecule has 1 heterocycles.